The number of rotatable bonds is 5. The van der Waals surface area contributed by atoms with Crippen LogP contribution >= 0.6 is 11.3 Å². The summed E-state index contributed by atoms with van der Waals surface area (Å²) in [5.41, 5.74) is 1.69. The van der Waals surface area contributed by atoms with Crippen LogP contribution in [0.5, 0.6) is 0 Å². The Morgan fingerprint density at radius 2 is 2.04 bits per heavy atom. The van der Waals surface area contributed by atoms with Crippen molar-refractivity contribution in [1.29, 1.82) is 0 Å². The molecule has 5 nitrogen and oxygen atoms in total. The lowest BCUT2D eigenvalue weighted by atomic mass is 9.98. The van der Waals surface area contributed by atoms with Crippen LogP contribution in [0.4, 0.5) is 0 Å². The van der Waals surface area contributed by atoms with Crippen LogP contribution in [0.2, 0.25) is 0 Å². The fraction of sp³-hybridized carbons (Fsp3) is 0.389. The van der Waals surface area contributed by atoms with Gasteiger partial charge in [-0.2, -0.15) is 0 Å². The number of carbonyl (C=O) groups is 2. The molecule has 6 heteroatoms. The van der Waals surface area contributed by atoms with Gasteiger partial charge in [-0.25, -0.2) is 4.98 Å². The Morgan fingerprint density at radius 1 is 1.25 bits per heavy atom. The molecular formula is C18H20N2O3S. The highest BCUT2D eigenvalue weighted by Crippen LogP contribution is 2.20. The predicted molar refractivity (Wildman–Crippen MR) is 92.2 cm³/mol. The molecule has 1 aromatic carbocycles. The fourth-order valence-corrected chi connectivity index (χ4v) is 3.72. The van der Waals surface area contributed by atoms with E-state index in [9.17, 15) is 9.59 Å². The van der Waals surface area contributed by atoms with Gasteiger partial charge in [0.1, 0.15) is 5.69 Å². The number of hydrogen-bond acceptors (Lipinski definition) is 4. The summed E-state index contributed by atoms with van der Waals surface area (Å²) in [6.07, 6.45) is 3.07. The topological polar surface area (TPSA) is 70.5 Å². The van der Waals surface area contributed by atoms with Crippen LogP contribution in [0.1, 0.15) is 33.9 Å². The molecule has 1 aromatic heterocycles. The molecule has 2 aromatic rings. The van der Waals surface area contributed by atoms with Gasteiger partial charge in [0.15, 0.2) is 0 Å². The van der Waals surface area contributed by atoms with Crippen molar-refractivity contribution < 1.29 is 14.7 Å². The molecule has 2 heterocycles. The van der Waals surface area contributed by atoms with E-state index < -0.39 is 11.9 Å². The van der Waals surface area contributed by atoms with E-state index in [1.165, 1.54) is 16.9 Å². The molecule has 1 aliphatic heterocycles. The van der Waals surface area contributed by atoms with Crippen LogP contribution in [0, 0.1) is 5.92 Å². The first-order valence-corrected chi connectivity index (χ1v) is 9.02. The summed E-state index contributed by atoms with van der Waals surface area (Å²) in [5.74, 6) is -1.43. The number of likely N-dealkylation sites (tertiary alicyclic amines) is 1. The van der Waals surface area contributed by atoms with E-state index in [2.05, 4.69) is 17.1 Å². The number of benzene rings is 1. The summed E-state index contributed by atoms with van der Waals surface area (Å²) < 4.78 is 0. The monoisotopic (exact) mass is 344 g/mol. The molecule has 3 rings (SSSR count). The largest absolute Gasteiger partial charge is 0.481 e. The number of aromatic nitrogens is 1. The minimum Gasteiger partial charge on any atom is -0.481 e. The zero-order valence-electron chi connectivity index (χ0n) is 13.4. The molecule has 1 atom stereocenters. The Hall–Kier alpha value is -2.21. The van der Waals surface area contributed by atoms with Crippen molar-refractivity contribution in [3.05, 3.63) is 52.0 Å². The van der Waals surface area contributed by atoms with Crippen molar-refractivity contribution in [1.82, 2.24) is 9.88 Å². The van der Waals surface area contributed by atoms with Crippen molar-refractivity contribution in [3.8, 4) is 0 Å². The quantitative estimate of drug-likeness (QED) is 0.905. The number of aryl methyl sites for hydroxylation is 2. The Labute approximate surface area is 145 Å². The molecule has 1 aliphatic rings. The van der Waals surface area contributed by atoms with E-state index >= 15 is 0 Å². The lowest BCUT2D eigenvalue weighted by Crippen LogP contribution is -2.42. The maximum absolute atomic E-state index is 12.5. The van der Waals surface area contributed by atoms with Crippen LogP contribution in [-0.2, 0) is 17.6 Å². The second kappa shape index (κ2) is 7.57. The second-order valence-corrected chi connectivity index (χ2v) is 6.98. The summed E-state index contributed by atoms with van der Waals surface area (Å²) in [6.45, 7) is 0.893. The molecule has 0 unspecified atom stereocenters. The van der Waals surface area contributed by atoms with Crippen LogP contribution in [0.3, 0.4) is 0 Å². The number of aliphatic carboxylic acids is 1. The first-order chi connectivity index (χ1) is 11.6. The molecule has 0 bridgehead atoms. The van der Waals surface area contributed by atoms with Crippen molar-refractivity contribution in [2.45, 2.75) is 25.7 Å². The predicted octanol–water partition coefficient (Wildman–Crippen LogP) is 2.87. The normalized spacial score (nSPS) is 17.7. The Morgan fingerprint density at radius 3 is 2.79 bits per heavy atom. The van der Waals surface area contributed by atoms with Gasteiger partial charge in [0.05, 0.1) is 10.9 Å². The fourth-order valence-electron chi connectivity index (χ4n) is 2.95. The number of nitrogens with zero attached hydrogens (tertiary/aromatic N) is 2. The molecular weight excluding hydrogens is 324 g/mol. The summed E-state index contributed by atoms with van der Waals surface area (Å²) in [7, 11) is 0. The molecule has 1 fully saturated rings. The average Bonchev–Trinajstić information content (AvgIpc) is 3.09. The van der Waals surface area contributed by atoms with Gasteiger partial charge in [0.2, 0.25) is 0 Å². The van der Waals surface area contributed by atoms with Gasteiger partial charge in [0.25, 0.3) is 5.91 Å². The molecule has 1 N–H and O–H groups in total. The number of carboxylic acid groups (broad SMARTS) is 1. The first-order valence-electron chi connectivity index (χ1n) is 8.14. The molecule has 24 heavy (non-hydrogen) atoms. The number of hydrogen-bond donors (Lipinski definition) is 1. The molecule has 0 aliphatic carbocycles. The highest BCUT2D eigenvalue weighted by molar-refractivity contribution is 7.09. The maximum atomic E-state index is 12.5. The smallest absolute Gasteiger partial charge is 0.308 e. The summed E-state index contributed by atoms with van der Waals surface area (Å²) in [4.78, 5) is 29.7. The van der Waals surface area contributed by atoms with Gasteiger partial charge in [-0.15, -0.1) is 11.3 Å². The lowest BCUT2D eigenvalue weighted by molar-refractivity contribution is -0.143. The maximum Gasteiger partial charge on any atom is 0.308 e. The average molecular weight is 344 g/mol. The molecule has 0 saturated carbocycles. The summed E-state index contributed by atoms with van der Waals surface area (Å²) in [5, 5.41) is 11.9. The van der Waals surface area contributed by atoms with Crippen molar-refractivity contribution in [3.63, 3.8) is 0 Å². The van der Waals surface area contributed by atoms with E-state index in [-0.39, 0.29) is 12.5 Å². The summed E-state index contributed by atoms with van der Waals surface area (Å²) >= 11 is 1.49. The number of carbonyl (C=O) groups excluding carboxylic acids is 1. The third kappa shape index (κ3) is 4.00. The zero-order chi connectivity index (χ0) is 16.9. The molecule has 1 amide bonds. The minimum absolute atomic E-state index is 0.150. The van der Waals surface area contributed by atoms with Crippen molar-refractivity contribution >= 4 is 23.2 Å². The van der Waals surface area contributed by atoms with Crippen molar-refractivity contribution in [2.75, 3.05) is 13.1 Å². The SMILES string of the molecule is O=C(O)[C@H]1CCCN(C(=O)c2csc(CCc3ccccc3)n2)C1. The van der Waals surface area contributed by atoms with E-state index in [0.29, 0.717) is 18.7 Å². The molecule has 0 radical (unpaired) electrons. The molecule has 0 spiro atoms. The Balaban J connectivity index is 1.60. The van der Waals surface area contributed by atoms with Crippen LogP contribution in [0.15, 0.2) is 35.7 Å². The van der Waals surface area contributed by atoms with Crippen LogP contribution in [0.25, 0.3) is 0 Å². The highest BCUT2D eigenvalue weighted by Gasteiger charge is 2.29. The van der Waals surface area contributed by atoms with E-state index in [0.717, 1.165) is 24.3 Å². The summed E-state index contributed by atoms with van der Waals surface area (Å²) in [6, 6.07) is 10.2. The number of piperidine rings is 1. The molecule has 1 saturated heterocycles. The Bertz CT molecular complexity index is 714. The van der Waals surface area contributed by atoms with Gasteiger partial charge in [-0.1, -0.05) is 30.3 Å². The van der Waals surface area contributed by atoms with Gasteiger partial charge in [-0.05, 0) is 24.8 Å². The van der Waals surface area contributed by atoms with Crippen LogP contribution in [-0.4, -0.2) is 40.0 Å². The third-order valence-corrected chi connectivity index (χ3v) is 5.21. The number of thiazole rings is 1. The van der Waals surface area contributed by atoms with Crippen molar-refractivity contribution in [2.24, 2.45) is 5.92 Å². The zero-order valence-corrected chi connectivity index (χ0v) is 14.2. The highest BCUT2D eigenvalue weighted by atomic mass is 32.1. The molecule has 126 valence electrons. The number of carboxylic acids is 1. The van der Waals surface area contributed by atoms with E-state index in [1.54, 1.807) is 10.3 Å². The van der Waals surface area contributed by atoms with E-state index in [4.69, 9.17) is 5.11 Å². The third-order valence-electron chi connectivity index (χ3n) is 4.30. The van der Waals surface area contributed by atoms with Crippen LogP contribution < -0.4 is 0 Å². The minimum atomic E-state index is -0.825. The van der Waals surface area contributed by atoms with Gasteiger partial charge < -0.3 is 10.0 Å². The first kappa shape index (κ1) is 16.6. The lowest BCUT2D eigenvalue weighted by Gasteiger charge is -2.30. The van der Waals surface area contributed by atoms with Gasteiger partial charge in [0, 0.05) is 24.9 Å². The van der Waals surface area contributed by atoms with Gasteiger partial charge in [-0.3, -0.25) is 9.59 Å². The van der Waals surface area contributed by atoms with Gasteiger partial charge >= 0.3 is 5.97 Å². The van der Waals surface area contributed by atoms with E-state index in [1.807, 2.05) is 18.2 Å². The standard InChI is InChI=1S/C18H20N2O3S/c21-17(20-10-4-7-14(11-20)18(22)23)15-12-24-16(19-15)9-8-13-5-2-1-3-6-13/h1-3,5-6,12,14H,4,7-11H2,(H,22,23)/t14-/m0/s1. The Kier molecular flexibility index (Phi) is 5.25. The second-order valence-electron chi connectivity index (χ2n) is 6.04. The number of amides is 1.